The molecule has 2 heterocycles. The molecule has 3 aromatic rings. The number of aromatic nitrogens is 2. The molecule has 9 nitrogen and oxygen atoms in total. The Balaban J connectivity index is 1.41. The second-order valence-electron chi connectivity index (χ2n) is 10.5. The van der Waals surface area contributed by atoms with Gasteiger partial charge in [0, 0.05) is 59.6 Å². The van der Waals surface area contributed by atoms with Crippen LogP contribution in [0.2, 0.25) is 10.0 Å². The third-order valence-electron chi connectivity index (χ3n) is 6.71. The quantitative estimate of drug-likeness (QED) is 0.368. The van der Waals surface area contributed by atoms with Gasteiger partial charge in [-0.3, -0.25) is 14.5 Å². The fourth-order valence-corrected chi connectivity index (χ4v) is 5.09. The van der Waals surface area contributed by atoms with Crippen LogP contribution in [0.1, 0.15) is 60.2 Å². The van der Waals surface area contributed by atoms with Crippen molar-refractivity contribution >= 4 is 46.5 Å². The number of nitrogens with two attached hydrogens (primary N) is 1. The number of piperazine rings is 1. The highest BCUT2D eigenvalue weighted by Gasteiger charge is 2.28. The molecular weight excluding hydrogens is 558 g/mol. The van der Waals surface area contributed by atoms with Crippen LogP contribution in [0.3, 0.4) is 0 Å². The van der Waals surface area contributed by atoms with Crippen molar-refractivity contribution in [3.05, 3.63) is 75.1 Å². The summed E-state index contributed by atoms with van der Waals surface area (Å²) in [5, 5.41) is 10.4. The zero-order valence-corrected chi connectivity index (χ0v) is 24.2. The highest BCUT2D eigenvalue weighted by Crippen LogP contribution is 2.36. The summed E-state index contributed by atoms with van der Waals surface area (Å²) in [6.07, 6.45) is -0.806. The zero-order valence-electron chi connectivity index (χ0n) is 22.7. The van der Waals surface area contributed by atoms with Gasteiger partial charge in [0.25, 0.3) is 11.8 Å². The fraction of sp³-hybridized carbons (Fsp3) is 0.357. The molecule has 12 heteroatoms. The number of ether oxygens (including phenoxy) is 1. The van der Waals surface area contributed by atoms with Gasteiger partial charge in [0.2, 0.25) is 0 Å². The molecule has 2 aromatic carbocycles. The summed E-state index contributed by atoms with van der Waals surface area (Å²) >= 11 is 12.3. The summed E-state index contributed by atoms with van der Waals surface area (Å²) < 4.78 is 19.8. The predicted octanol–water partition coefficient (Wildman–Crippen LogP) is 5.45. The Labute approximate surface area is 242 Å². The van der Waals surface area contributed by atoms with Gasteiger partial charge in [-0.15, -0.1) is 10.2 Å². The largest absolute Gasteiger partial charge is 0.482 e. The number of carbonyl (C=O) groups is 2. The van der Waals surface area contributed by atoms with Crippen molar-refractivity contribution in [2.75, 3.05) is 37.2 Å². The third-order valence-corrected chi connectivity index (χ3v) is 7.43. The molecule has 1 aliphatic heterocycles. The lowest BCUT2D eigenvalue weighted by molar-refractivity contribution is 0.0451. The van der Waals surface area contributed by atoms with E-state index < -0.39 is 17.8 Å². The Morgan fingerprint density at radius 2 is 1.70 bits per heavy atom. The van der Waals surface area contributed by atoms with Crippen LogP contribution in [-0.2, 0) is 0 Å². The van der Waals surface area contributed by atoms with Gasteiger partial charge in [-0.1, -0.05) is 23.2 Å². The second-order valence-corrected chi connectivity index (χ2v) is 11.3. The zero-order chi connectivity index (χ0) is 29.2. The number of nitrogen functional groups attached to an aromatic ring is 1. The van der Waals surface area contributed by atoms with Gasteiger partial charge in [0.1, 0.15) is 11.9 Å². The number of amides is 2. The predicted molar refractivity (Wildman–Crippen MR) is 154 cm³/mol. The van der Waals surface area contributed by atoms with E-state index in [0.29, 0.717) is 24.3 Å². The molecule has 1 atom stereocenters. The van der Waals surface area contributed by atoms with E-state index in [1.165, 1.54) is 12.1 Å². The molecule has 1 aromatic heterocycles. The summed E-state index contributed by atoms with van der Waals surface area (Å²) in [5.74, 6) is -1.28. The fourth-order valence-electron chi connectivity index (χ4n) is 4.41. The number of carbonyl (C=O) groups excluding carboxylic acids is 2. The van der Waals surface area contributed by atoms with E-state index in [0.717, 1.165) is 19.2 Å². The minimum atomic E-state index is -0.806. The molecule has 3 N–H and O–H groups in total. The van der Waals surface area contributed by atoms with Gasteiger partial charge >= 0.3 is 0 Å². The highest BCUT2D eigenvalue weighted by atomic mass is 35.5. The van der Waals surface area contributed by atoms with E-state index in [2.05, 4.69) is 41.2 Å². The Bertz CT molecular complexity index is 1410. The number of halogens is 3. The molecule has 0 spiro atoms. The Morgan fingerprint density at radius 1 is 1.05 bits per heavy atom. The average molecular weight is 589 g/mol. The van der Waals surface area contributed by atoms with Crippen LogP contribution in [0.5, 0.6) is 5.75 Å². The lowest BCUT2D eigenvalue weighted by Gasteiger charge is -2.42. The van der Waals surface area contributed by atoms with Crippen molar-refractivity contribution in [3.8, 4) is 5.75 Å². The topological polar surface area (TPSA) is 114 Å². The van der Waals surface area contributed by atoms with Crippen molar-refractivity contribution in [3.63, 3.8) is 0 Å². The number of benzene rings is 2. The van der Waals surface area contributed by atoms with Crippen molar-refractivity contribution in [1.29, 1.82) is 0 Å². The minimum absolute atomic E-state index is 0.0507. The van der Waals surface area contributed by atoms with Crippen molar-refractivity contribution < 1.29 is 18.7 Å². The van der Waals surface area contributed by atoms with E-state index in [4.69, 9.17) is 33.7 Å². The SMILES string of the molecule is C[C@@H](Oc1cc(C(=O)Nc2ccc(C(=O)N3CCN(C(C)(C)C)CC3)cc2)nnc1N)c1c(Cl)ccc(F)c1Cl. The Morgan fingerprint density at radius 3 is 2.33 bits per heavy atom. The van der Waals surface area contributed by atoms with E-state index in [-0.39, 0.29) is 44.3 Å². The minimum Gasteiger partial charge on any atom is -0.482 e. The van der Waals surface area contributed by atoms with Crippen LogP contribution in [-0.4, -0.2) is 63.5 Å². The highest BCUT2D eigenvalue weighted by molar-refractivity contribution is 6.36. The molecule has 0 aliphatic carbocycles. The molecule has 4 rings (SSSR count). The summed E-state index contributed by atoms with van der Waals surface area (Å²) in [6.45, 7) is 11.1. The summed E-state index contributed by atoms with van der Waals surface area (Å²) in [6, 6.07) is 10.5. The van der Waals surface area contributed by atoms with Crippen LogP contribution < -0.4 is 15.8 Å². The summed E-state index contributed by atoms with van der Waals surface area (Å²) in [4.78, 5) is 30.1. The first-order valence-electron chi connectivity index (χ1n) is 12.7. The van der Waals surface area contributed by atoms with Gasteiger partial charge in [-0.2, -0.15) is 0 Å². The molecule has 0 radical (unpaired) electrons. The monoisotopic (exact) mass is 588 g/mol. The van der Waals surface area contributed by atoms with Crippen LogP contribution in [0.4, 0.5) is 15.9 Å². The molecule has 1 saturated heterocycles. The van der Waals surface area contributed by atoms with Crippen LogP contribution in [0.15, 0.2) is 42.5 Å². The maximum Gasteiger partial charge on any atom is 0.276 e. The van der Waals surface area contributed by atoms with E-state index in [1.54, 1.807) is 31.2 Å². The van der Waals surface area contributed by atoms with Crippen molar-refractivity contribution in [2.45, 2.75) is 39.3 Å². The third kappa shape index (κ3) is 6.63. The van der Waals surface area contributed by atoms with E-state index in [1.807, 2.05) is 4.90 Å². The van der Waals surface area contributed by atoms with Crippen LogP contribution >= 0.6 is 23.2 Å². The van der Waals surface area contributed by atoms with Gasteiger partial charge in [0.15, 0.2) is 17.3 Å². The number of hydrogen-bond acceptors (Lipinski definition) is 7. The number of hydrogen-bond donors (Lipinski definition) is 2. The molecule has 212 valence electrons. The van der Waals surface area contributed by atoms with Gasteiger partial charge in [-0.25, -0.2) is 4.39 Å². The normalized spacial score (nSPS) is 15.0. The first kappa shape index (κ1) is 29.5. The first-order valence-corrected chi connectivity index (χ1v) is 13.5. The first-order chi connectivity index (χ1) is 18.8. The number of rotatable bonds is 6. The van der Waals surface area contributed by atoms with Crippen molar-refractivity contribution in [2.24, 2.45) is 0 Å². The Kier molecular flexibility index (Phi) is 8.82. The van der Waals surface area contributed by atoms with Gasteiger partial charge < -0.3 is 20.7 Å². The van der Waals surface area contributed by atoms with Gasteiger partial charge in [-0.05, 0) is 64.1 Å². The maximum atomic E-state index is 14.0. The molecule has 40 heavy (non-hydrogen) atoms. The van der Waals surface area contributed by atoms with E-state index >= 15 is 0 Å². The molecule has 0 saturated carbocycles. The molecule has 0 unspecified atom stereocenters. The maximum absolute atomic E-state index is 14.0. The standard InChI is InChI=1S/C28H31Cl2FN6O3/c1-16(23-19(29)9-10-20(31)24(23)30)40-22-15-21(34-35-25(22)32)26(38)33-18-7-5-17(6-8-18)27(39)36-11-13-37(14-12-36)28(2,3)4/h5-10,15-16H,11-14H2,1-4H3,(H2,32,35)(H,33,38)/t16-/m1/s1. The number of nitrogens with zero attached hydrogens (tertiary/aromatic N) is 4. The lowest BCUT2D eigenvalue weighted by atomic mass is 10.0. The number of anilines is 2. The van der Waals surface area contributed by atoms with Crippen LogP contribution in [0, 0.1) is 5.82 Å². The molecular formula is C28H31Cl2FN6O3. The second kappa shape index (κ2) is 12.0. The molecule has 1 aliphatic rings. The van der Waals surface area contributed by atoms with E-state index in [9.17, 15) is 14.0 Å². The molecule has 0 bridgehead atoms. The summed E-state index contributed by atoms with van der Waals surface area (Å²) in [7, 11) is 0. The number of nitrogens with one attached hydrogen (secondary N) is 1. The lowest BCUT2D eigenvalue weighted by Crippen LogP contribution is -2.54. The smallest absolute Gasteiger partial charge is 0.276 e. The molecule has 1 fully saturated rings. The van der Waals surface area contributed by atoms with Gasteiger partial charge in [0.05, 0.1) is 5.02 Å². The van der Waals surface area contributed by atoms with Crippen molar-refractivity contribution in [1.82, 2.24) is 20.0 Å². The molecule has 2 amide bonds. The van der Waals surface area contributed by atoms with Crippen LogP contribution in [0.25, 0.3) is 0 Å². The summed E-state index contributed by atoms with van der Waals surface area (Å²) in [5.41, 5.74) is 7.14. The average Bonchev–Trinajstić information content (AvgIpc) is 2.92. The Hall–Kier alpha value is -3.47.